The molecule has 0 aliphatic heterocycles. The van der Waals surface area contributed by atoms with Gasteiger partial charge < -0.3 is 10.8 Å². The van der Waals surface area contributed by atoms with Gasteiger partial charge in [0, 0.05) is 23.7 Å². The van der Waals surface area contributed by atoms with Crippen molar-refractivity contribution in [1.82, 2.24) is 14.6 Å². The summed E-state index contributed by atoms with van der Waals surface area (Å²) >= 11 is 3.37. The van der Waals surface area contributed by atoms with Gasteiger partial charge in [-0.15, -0.1) is 0 Å². The number of rotatable bonds is 3. The molecule has 0 atom stereocenters. The summed E-state index contributed by atoms with van der Waals surface area (Å²) in [6.45, 7) is 0.136. The number of aromatic nitrogens is 3. The van der Waals surface area contributed by atoms with Gasteiger partial charge in [0.25, 0.3) is 0 Å². The molecule has 0 spiro atoms. The molecule has 3 N–H and O–H groups in total. The topological polar surface area (TPSA) is 76.4 Å². The van der Waals surface area contributed by atoms with Crippen molar-refractivity contribution in [1.29, 1.82) is 0 Å². The number of nitrogens with two attached hydrogens (primary N) is 1. The second-order valence-corrected chi connectivity index (χ2v) is 4.05. The van der Waals surface area contributed by atoms with Crippen LogP contribution >= 0.6 is 15.9 Å². The predicted octanol–water partition coefficient (Wildman–Crippen LogP) is 0.999. The fourth-order valence-electron chi connectivity index (χ4n) is 1.40. The summed E-state index contributed by atoms with van der Waals surface area (Å²) in [5, 5.41) is 13.0. The first-order valence-corrected chi connectivity index (χ1v) is 5.42. The maximum atomic E-state index is 8.71. The summed E-state index contributed by atoms with van der Waals surface area (Å²) in [5.74, 6) is 1.10. The highest BCUT2D eigenvalue weighted by molar-refractivity contribution is 9.10. The van der Waals surface area contributed by atoms with Crippen LogP contribution < -0.4 is 5.73 Å². The quantitative estimate of drug-likeness (QED) is 0.873. The van der Waals surface area contributed by atoms with E-state index in [-0.39, 0.29) is 6.61 Å². The van der Waals surface area contributed by atoms with E-state index in [0.29, 0.717) is 24.5 Å². The molecule has 0 unspecified atom stereocenters. The Morgan fingerprint density at radius 2 is 2.33 bits per heavy atom. The zero-order valence-electron chi connectivity index (χ0n) is 8.02. The standard InChI is InChI=1S/C9H11BrN4O/c10-6-3-4-14-8(6)9(11)12-7(13-14)2-1-5-15/h3-4,15H,1-2,5H2,(H2,11,12,13). The second-order valence-electron chi connectivity index (χ2n) is 3.20. The first-order valence-electron chi connectivity index (χ1n) is 4.62. The molecule has 0 saturated carbocycles. The zero-order valence-corrected chi connectivity index (χ0v) is 9.61. The molecule has 0 aliphatic rings. The van der Waals surface area contributed by atoms with Crippen LogP contribution in [0.5, 0.6) is 0 Å². The van der Waals surface area contributed by atoms with Gasteiger partial charge in [0.2, 0.25) is 0 Å². The molecule has 0 amide bonds. The lowest BCUT2D eigenvalue weighted by Crippen LogP contribution is -2.06. The molecule has 2 aromatic heterocycles. The Balaban J connectivity index is 2.44. The molecule has 2 rings (SSSR count). The first-order chi connectivity index (χ1) is 7.22. The van der Waals surface area contributed by atoms with Crippen molar-refractivity contribution >= 4 is 27.3 Å². The van der Waals surface area contributed by atoms with Gasteiger partial charge >= 0.3 is 0 Å². The van der Waals surface area contributed by atoms with Gasteiger partial charge in [-0.1, -0.05) is 0 Å². The summed E-state index contributed by atoms with van der Waals surface area (Å²) in [5.41, 5.74) is 6.59. The maximum absolute atomic E-state index is 8.71. The Morgan fingerprint density at radius 1 is 1.53 bits per heavy atom. The van der Waals surface area contributed by atoms with E-state index in [1.165, 1.54) is 0 Å². The molecule has 2 heterocycles. The lowest BCUT2D eigenvalue weighted by atomic mass is 10.3. The monoisotopic (exact) mass is 270 g/mol. The number of fused-ring (bicyclic) bond motifs is 1. The van der Waals surface area contributed by atoms with E-state index in [4.69, 9.17) is 10.8 Å². The van der Waals surface area contributed by atoms with E-state index in [0.717, 1.165) is 9.99 Å². The number of nitrogens with zero attached hydrogens (tertiary/aromatic N) is 3. The van der Waals surface area contributed by atoms with E-state index < -0.39 is 0 Å². The summed E-state index contributed by atoms with van der Waals surface area (Å²) < 4.78 is 2.58. The molecule has 0 saturated heterocycles. The normalized spacial score (nSPS) is 11.1. The number of nitrogen functional groups attached to an aromatic ring is 1. The second kappa shape index (κ2) is 4.16. The molecule has 0 fully saturated rings. The molecule has 80 valence electrons. The zero-order chi connectivity index (χ0) is 10.8. The maximum Gasteiger partial charge on any atom is 0.152 e. The number of aryl methyl sites for hydroxylation is 1. The fourth-order valence-corrected chi connectivity index (χ4v) is 1.91. The summed E-state index contributed by atoms with van der Waals surface area (Å²) in [6.07, 6.45) is 3.10. The van der Waals surface area contributed by atoms with Gasteiger partial charge in [-0.3, -0.25) is 0 Å². The molecule has 15 heavy (non-hydrogen) atoms. The minimum absolute atomic E-state index is 0.136. The number of anilines is 1. The summed E-state index contributed by atoms with van der Waals surface area (Å²) in [7, 11) is 0. The predicted molar refractivity (Wildman–Crippen MR) is 60.5 cm³/mol. The summed E-state index contributed by atoms with van der Waals surface area (Å²) in [4.78, 5) is 4.18. The van der Waals surface area contributed by atoms with Gasteiger partial charge in [-0.2, -0.15) is 5.10 Å². The number of hydrogen-bond donors (Lipinski definition) is 2. The average molecular weight is 271 g/mol. The molecule has 0 radical (unpaired) electrons. The van der Waals surface area contributed by atoms with E-state index in [1.54, 1.807) is 4.52 Å². The van der Waals surface area contributed by atoms with Gasteiger partial charge in [0.05, 0.1) is 0 Å². The van der Waals surface area contributed by atoms with Crippen LogP contribution in [0.15, 0.2) is 16.7 Å². The molecule has 0 aromatic carbocycles. The lowest BCUT2D eigenvalue weighted by molar-refractivity contribution is 0.287. The first kappa shape index (κ1) is 10.4. The van der Waals surface area contributed by atoms with Gasteiger partial charge in [-0.25, -0.2) is 9.50 Å². The third-order valence-corrected chi connectivity index (χ3v) is 2.73. The Labute approximate surface area is 95.1 Å². The Morgan fingerprint density at radius 3 is 3.07 bits per heavy atom. The van der Waals surface area contributed by atoms with Crippen molar-refractivity contribution in [2.45, 2.75) is 12.8 Å². The van der Waals surface area contributed by atoms with Crippen LogP contribution in [0, 0.1) is 0 Å². The largest absolute Gasteiger partial charge is 0.396 e. The van der Waals surface area contributed by atoms with Crippen molar-refractivity contribution in [3.8, 4) is 0 Å². The average Bonchev–Trinajstić information content (AvgIpc) is 2.58. The number of hydrogen-bond acceptors (Lipinski definition) is 4. The minimum atomic E-state index is 0.136. The van der Waals surface area contributed by atoms with E-state index in [2.05, 4.69) is 26.0 Å². The third kappa shape index (κ3) is 1.95. The van der Waals surface area contributed by atoms with Gasteiger partial charge in [0.15, 0.2) is 11.6 Å². The van der Waals surface area contributed by atoms with Crippen molar-refractivity contribution in [3.05, 3.63) is 22.6 Å². The number of aliphatic hydroxyl groups excluding tert-OH is 1. The fraction of sp³-hybridized carbons (Fsp3) is 0.333. The van der Waals surface area contributed by atoms with Crippen LogP contribution in [0.3, 0.4) is 0 Å². The Bertz CT molecular complexity index is 482. The lowest BCUT2D eigenvalue weighted by Gasteiger charge is -2.03. The molecule has 6 heteroatoms. The Hall–Kier alpha value is -1.14. The molecule has 0 bridgehead atoms. The minimum Gasteiger partial charge on any atom is -0.396 e. The third-order valence-electron chi connectivity index (χ3n) is 2.09. The number of halogens is 1. The van der Waals surface area contributed by atoms with Crippen molar-refractivity contribution in [2.24, 2.45) is 0 Å². The molecule has 2 aromatic rings. The molecule has 5 nitrogen and oxygen atoms in total. The summed E-state index contributed by atoms with van der Waals surface area (Å²) in [6, 6.07) is 1.87. The van der Waals surface area contributed by atoms with Crippen LogP contribution in [0.25, 0.3) is 5.52 Å². The SMILES string of the molecule is Nc1nc(CCCO)nn2ccc(Br)c12. The van der Waals surface area contributed by atoms with E-state index in [9.17, 15) is 0 Å². The highest BCUT2D eigenvalue weighted by atomic mass is 79.9. The highest BCUT2D eigenvalue weighted by Crippen LogP contribution is 2.22. The molecular formula is C9H11BrN4O. The smallest absolute Gasteiger partial charge is 0.152 e. The number of aliphatic hydroxyl groups is 1. The molecular weight excluding hydrogens is 260 g/mol. The van der Waals surface area contributed by atoms with Crippen molar-refractivity contribution < 1.29 is 5.11 Å². The van der Waals surface area contributed by atoms with E-state index >= 15 is 0 Å². The van der Waals surface area contributed by atoms with Crippen molar-refractivity contribution in [3.63, 3.8) is 0 Å². The Kier molecular flexibility index (Phi) is 2.88. The van der Waals surface area contributed by atoms with Crippen LogP contribution in [0.2, 0.25) is 0 Å². The van der Waals surface area contributed by atoms with Crippen LogP contribution in [-0.4, -0.2) is 26.3 Å². The van der Waals surface area contributed by atoms with Gasteiger partial charge in [-0.05, 0) is 28.4 Å². The molecule has 0 aliphatic carbocycles. The van der Waals surface area contributed by atoms with Crippen LogP contribution in [0.1, 0.15) is 12.2 Å². The van der Waals surface area contributed by atoms with Crippen molar-refractivity contribution in [2.75, 3.05) is 12.3 Å². The van der Waals surface area contributed by atoms with Crippen LogP contribution in [-0.2, 0) is 6.42 Å². The van der Waals surface area contributed by atoms with E-state index in [1.807, 2.05) is 12.3 Å². The highest BCUT2D eigenvalue weighted by Gasteiger charge is 2.08. The van der Waals surface area contributed by atoms with Crippen LogP contribution in [0.4, 0.5) is 5.82 Å². The van der Waals surface area contributed by atoms with Gasteiger partial charge in [0.1, 0.15) is 5.52 Å².